The summed E-state index contributed by atoms with van der Waals surface area (Å²) in [5.74, 6) is 0.416. The minimum absolute atomic E-state index is 0.0614. The Balaban J connectivity index is 1.13. The van der Waals surface area contributed by atoms with Gasteiger partial charge in [0.1, 0.15) is 18.1 Å². The summed E-state index contributed by atoms with van der Waals surface area (Å²) in [5, 5.41) is 36.7. The summed E-state index contributed by atoms with van der Waals surface area (Å²) in [7, 11) is 0. The first-order chi connectivity index (χ1) is 23.7. The molecule has 11 nitrogen and oxygen atoms in total. The summed E-state index contributed by atoms with van der Waals surface area (Å²) < 4.78 is 6.07. The van der Waals surface area contributed by atoms with Gasteiger partial charge in [0, 0.05) is 36.7 Å². The molecule has 0 aliphatic heterocycles. The molecule has 254 valence electrons. The zero-order valence-electron chi connectivity index (χ0n) is 27.1. The molecule has 2 atom stereocenters. The Bertz CT molecular complexity index is 1950. The number of pyridine rings is 1. The van der Waals surface area contributed by atoms with E-state index in [2.05, 4.69) is 15.6 Å². The van der Waals surface area contributed by atoms with Crippen LogP contribution in [0.4, 0.5) is 4.79 Å². The Kier molecular flexibility index (Phi) is 11.6. The Hall–Kier alpha value is -5.65. The molecule has 5 rings (SSSR count). The maximum atomic E-state index is 13.4. The van der Waals surface area contributed by atoms with Crippen LogP contribution in [0.25, 0.3) is 10.9 Å². The molecule has 2 amide bonds. The van der Waals surface area contributed by atoms with Gasteiger partial charge in [-0.1, -0.05) is 60.7 Å². The summed E-state index contributed by atoms with van der Waals surface area (Å²) >= 11 is 0. The van der Waals surface area contributed by atoms with Crippen molar-refractivity contribution in [2.24, 2.45) is 0 Å². The number of nitrogens with one attached hydrogen (secondary N) is 3. The number of nitrogens with zero attached hydrogens (tertiary/aromatic N) is 1. The lowest BCUT2D eigenvalue weighted by Crippen LogP contribution is -2.34. The molecule has 1 heterocycles. The maximum Gasteiger partial charge on any atom is 0.405 e. The highest BCUT2D eigenvalue weighted by Crippen LogP contribution is 2.29. The van der Waals surface area contributed by atoms with Crippen molar-refractivity contribution < 1.29 is 29.6 Å². The second kappa shape index (κ2) is 16.4. The van der Waals surface area contributed by atoms with Crippen molar-refractivity contribution in [3.8, 4) is 11.5 Å². The van der Waals surface area contributed by atoms with Crippen LogP contribution in [-0.4, -0.2) is 63.4 Å². The summed E-state index contributed by atoms with van der Waals surface area (Å²) in [6.07, 6.45) is -1.33. The molecule has 1 aromatic heterocycles. The highest BCUT2D eigenvalue weighted by molar-refractivity contribution is 5.94. The van der Waals surface area contributed by atoms with E-state index in [-0.39, 0.29) is 35.9 Å². The quantitative estimate of drug-likeness (QED) is 0.0817. The first kappa shape index (κ1) is 34.7. The fourth-order valence-electron chi connectivity index (χ4n) is 5.75. The number of H-pyrrole nitrogens is 1. The number of rotatable bonds is 15. The first-order valence-corrected chi connectivity index (χ1v) is 16.1. The van der Waals surface area contributed by atoms with E-state index in [1.54, 1.807) is 23.1 Å². The number of benzene rings is 4. The number of carboxylic acid groups (broad SMARTS) is 1. The van der Waals surface area contributed by atoms with Gasteiger partial charge in [0.25, 0.3) is 5.91 Å². The van der Waals surface area contributed by atoms with Crippen molar-refractivity contribution in [2.45, 2.75) is 32.1 Å². The summed E-state index contributed by atoms with van der Waals surface area (Å²) in [6.45, 7) is 4.01. The molecule has 49 heavy (non-hydrogen) atoms. The molecule has 0 fully saturated rings. The van der Waals surface area contributed by atoms with Crippen LogP contribution in [0.3, 0.4) is 0 Å². The molecule has 0 saturated carbocycles. The predicted octanol–water partition coefficient (Wildman–Crippen LogP) is 5.35. The van der Waals surface area contributed by atoms with Crippen molar-refractivity contribution in [2.75, 3.05) is 26.2 Å². The Labute approximate surface area is 283 Å². The van der Waals surface area contributed by atoms with Crippen molar-refractivity contribution in [1.82, 2.24) is 20.5 Å². The van der Waals surface area contributed by atoms with E-state index < -0.39 is 18.2 Å². The minimum atomic E-state index is -1.13. The average molecular weight is 665 g/mol. The van der Waals surface area contributed by atoms with Crippen LogP contribution in [0.1, 0.15) is 58.1 Å². The number of aliphatic hydroxyl groups excluding tert-OH is 1. The van der Waals surface area contributed by atoms with Crippen molar-refractivity contribution in [3.05, 3.63) is 141 Å². The average Bonchev–Trinajstić information content (AvgIpc) is 3.12. The highest BCUT2D eigenvalue weighted by atomic mass is 16.5. The largest absolute Gasteiger partial charge is 0.506 e. The standard InChI is InChI=1S/C38H40N4O7/c1-2-42(20-8-19-39-23-33(44)30-15-17-32(43)36-31(30)16-18-34(45)40-36)37(46)28-13-6-9-25(21-28)24-49-29-14-7-12-27(22-29)35(41-38(47)48)26-10-4-3-5-11-26/h3-7,9-18,21-22,33,35,39,41,43-44H,2,8,19-20,23-24H2,1H3,(H,40,45)(H,47,48)/t33-,35-/m0/s1. The third-order valence-corrected chi connectivity index (χ3v) is 8.23. The molecule has 6 N–H and O–H groups in total. The highest BCUT2D eigenvalue weighted by Gasteiger charge is 2.18. The Morgan fingerprint density at radius 3 is 2.47 bits per heavy atom. The van der Waals surface area contributed by atoms with Gasteiger partial charge in [-0.15, -0.1) is 0 Å². The SMILES string of the molecule is CCN(CCCNC[C@H](O)c1ccc(O)c2[nH]c(=O)ccc12)C(=O)c1cccc(COc2cccc([C@@H](NC(=O)O)c3ccccc3)c2)c1. The number of fused-ring (bicyclic) bond motifs is 1. The number of phenols is 1. The molecular formula is C38H40N4O7. The molecule has 0 aliphatic rings. The predicted molar refractivity (Wildman–Crippen MR) is 187 cm³/mol. The number of hydrogen-bond acceptors (Lipinski definition) is 7. The van der Waals surface area contributed by atoms with Gasteiger partial charge in [-0.25, -0.2) is 4.79 Å². The van der Waals surface area contributed by atoms with E-state index in [1.807, 2.05) is 79.7 Å². The van der Waals surface area contributed by atoms with Gasteiger partial charge >= 0.3 is 6.09 Å². The van der Waals surface area contributed by atoms with Crippen LogP contribution in [0.2, 0.25) is 0 Å². The maximum absolute atomic E-state index is 13.4. The molecule has 5 aromatic rings. The Morgan fingerprint density at radius 2 is 1.69 bits per heavy atom. The number of ether oxygens (including phenoxy) is 1. The lowest BCUT2D eigenvalue weighted by atomic mass is 9.98. The molecule has 0 unspecified atom stereocenters. The van der Waals surface area contributed by atoms with Gasteiger partial charge < -0.3 is 40.6 Å². The van der Waals surface area contributed by atoms with Gasteiger partial charge in [0.05, 0.1) is 17.7 Å². The van der Waals surface area contributed by atoms with Crippen molar-refractivity contribution in [3.63, 3.8) is 0 Å². The molecule has 0 saturated heterocycles. The van der Waals surface area contributed by atoms with E-state index in [1.165, 1.54) is 12.1 Å². The van der Waals surface area contributed by atoms with E-state index in [9.17, 15) is 29.7 Å². The molecule has 0 bridgehead atoms. The Morgan fingerprint density at radius 1 is 0.918 bits per heavy atom. The summed E-state index contributed by atoms with van der Waals surface area (Å²) in [6, 6.07) is 29.4. The smallest absolute Gasteiger partial charge is 0.405 e. The summed E-state index contributed by atoms with van der Waals surface area (Å²) in [4.78, 5) is 41.0. The topological polar surface area (TPSA) is 164 Å². The number of aliphatic hydroxyl groups is 1. The third-order valence-electron chi connectivity index (χ3n) is 8.23. The van der Waals surface area contributed by atoms with Crippen LogP contribution in [-0.2, 0) is 6.61 Å². The zero-order chi connectivity index (χ0) is 34.8. The van der Waals surface area contributed by atoms with Gasteiger partial charge in [-0.3, -0.25) is 9.59 Å². The minimum Gasteiger partial charge on any atom is -0.506 e. The lowest BCUT2D eigenvalue weighted by Gasteiger charge is -2.22. The number of amides is 2. The monoisotopic (exact) mass is 664 g/mol. The number of aromatic amines is 1. The van der Waals surface area contributed by atoms with Gasteiger partial charge in [-0.05, 0) is 78.5 Å². The molecule has 0 radical (unpaired) electrons. The van der Waals surface area contributed by atoms with Gasteiger partial charge in [0.15, 0.2) is 0 Å². The van der Waals surface area contributed by atoms with Gasteiger partial charge in [-0.2, -0.15) is 0 Å². The number of aromatic nitrogens is 1. The van der Waals surface area contributed by atoms with E-state index in [4.69, 9.17) is 4.74 Å². The third kappa shape index (κ3) is 9.04. The van der Waals surface area contributed by atoms with Crippen LogP contribution < -0.4 is 20.9 Å². The fourth-order valence-corrected chi connectivity index (χ4v) is 5.75. The van der Waals surface area contributed by atoms with E-state index >= 15 is 0 Å². The van der Waals surface area contributed by atoms with Crippen LogP contribution in [0.5, 0.6) is 11.5 Å². The fraction of sp³-hybridized carbons (Fsp3) is 0.237. The first-order valence-electron chi connectivity index (χ1n) is 16.1. The lowest BCUT2D eigenvalue weighted by molar-refractivity contribution is 0.0761. The molecule has 11 heteroatoms. The van der Waals surface area contributed by atoms with Gasteiger partial charge in [0.2, 0.25) is 5.56 Å². The van der Waals surface area contributed by atoms with E-state index in [0.717, 1.165) is 16.7 Å². The van der Waals surface area contributed by atoms with E-state index in [0.29, 0.717) is 48.3 Å². The number of carbonyl (C=O) groups excluding carboxylic acids is 1. The number of phenolic OH excluding ortho intramolecular Hbond substituents is 1. The molecule has 4 aromatic carbocycles. The van der Waals surface area contributed by atoms with Crippen LogP contribution >= 0.6 is 0 Å². The zero-order valence-corrected chi connectivity index (χ0v) is 27.1. The van der Waals surface area contributed by atoms with Crippen LogP contribution in [0, 0.1) is 0 Å². The number of aromatic hydroxyl groups is 1. The molecule has 0 aliphatic carbocycles. The summed E-state index contributed by atoms with van der Waals surface area (Å²) in [5.41, 5.74) is 3.45. The van der Waals surface area contributed by atoms with Crippen molar-refractivity contribution in [1.29, 1.82) is 0 Å². The normalized spacial score (nSPS) is 12.3. The number of carbonyl (C=O) groups is 2. The molecular weight excluding hydrogens is 624 g/mol. The number of hydrogen-bond donors (Lipinski definition) is 6. The second-order valence-corrected chi connectivity index (χ2v) is 11.6. The second-order valence-electron chi connectivity index (χ2n) is 11.6. The molecule has 0 spiro atoms. The van der Waals surface area contributed by atoms with Crippen molar-refractivity contribution >= 4 is 22.9 Å². The van der Waals surface area contributed by atoms with Crippen LogP contribution in [0.15, 0.2) is 108 Å².